The van der Waals surface area contributed by atoms with E-state index in [-0.39, 0.29) is 12.6 Å². The highest BCUT2D eigenvalue weighted by atomic mass is 16.5. The van der Waals surface area contributed by atoms with Gasteiger partial charge in [0, 0.05) is 18.9 Å². The standard InChI is InChI=1S/C13H17N3O2/c14-11(10-4-2-1-3-5-10)6-7-13-15-12(8-9-17)16-18-13/h1-5,11,17H,6-9,14H2. The number of nitrogens with two attached hydrogens (primary N) is 1. The van der Waals surface area contributed by atoms with Crippen molar-refractivity contribution in [3.63, 3.8) is 0 Å². The lowest BCUT2D eigenvalue weighted by Crippen LogP contribution is -2.11. The maximum Gasteiger partial charge on any atom is 0.226 e. The number of aliphatic hydroxyl groups is 1. The molecule has 2 aromatic rings. The zero-order valence-electron chi connectivity index (χ0n) is 10.1. The smallest absolute Gasteiger partial charge is 0.226 e. The summed E-state index contributed by atoms with van der Waals surface area (Å²) in [6, 6.07) is 9.91. The molecule has 0 aliphatic heterocycles. The average molecular weight is 247 g/mol. The van der Waals surface area contributed by atoms with Crippen LogP contribution in [0, 0.1) is 0 Å². The lowest BCUT2D eigenvalue weighted by atomic mass is 10.0. The molecule has 18 heavy (non-hydrogen) atoms. The first-order valence-electron chi connectivity index (χ1n) is 6.02. The topological polar surface area (TPSA) is 85.2 Å². The van der Waals surface area contributed by atoms with E-state index in [9.17, 15) is 0 Å². The van der Waals surface area contributed by atoms with Crippen LogP contribution in [-0.4, -0.2) is 21.9 Å². The van der Waals surface area contributed by atoms with Crippen molar-refractivity contribution in [3.05, 3.63) is 47.6 Å². The van der Waals surface area contributed by atoms with Crippen molar-refractivity contribution >= 4 is 0 Å². The van der Waals surface area contributed by atoms with Gasteiger partial charge in [-0.25, -0.2) is 0 Å². The fraction of sp³-hybridized carbons (Fsp3) is 0.385. The third-order valence-electron chi connectivity index (χ3n) is 2.74. The van der Waals surface area contributed by atoms with Gasteiger partial charge in [0.2, 0.25) is 5.89 Å². The molecule has 1 atom stereocenters. The van der Waals surface area contributed by atoms with Gasteiger partial charge in [-0.15, -0.1) is 0 Å². The molecule has 0 saturated carbocycles. The second-order valence-electron chi connectivity index (χ2n) is 4.13. The molecular formula is C13H17N3O2. The van der Waals surface area contributed by atoms with E-state index in [2.05, 4.69) is 10.1 Å². The van der Waals surface area contributed by atoms with E-state index in [0.717, 1.165) is 12.0 Å². The van der Waals surface area contributed by atoms with E-state index in [4.69, 9.17) is 15.4 Å². The van der Waals surface area contributed by atoms with Crippen LogP contribution in [0.5, 0.6) is 0 Å². The van der Waals surface area contributed by atoms with Crippen LogP contribution in [0.25, 0.3) is 0 Å². The maximum atomic E-state index is 8.75. The summed E-state index contributed by atoms with van der Waals surface area (Å²) < 4.78 is 5.08. The van der Waals surface area contributed by atoms with E-state index >= 15 is 0 Å². The molecule has 1 unspecified atom stereocenters. The Morgan fingerprint density at radius 3 is 2.72 bits per heavy atom. The van der Waals surface area contributed by atoms with Crippen molar-refractivity contribution in [2.45, 2.75) is 25.3 Å². The molecule has 0 bridgehead atoms. The first-order valence-corrected chi connectivity index (χ1v) is 6.02. The molecule has 0 aliphatic carbocycles. The third kappa shape index (κ3) is 3.38. The number of aryl methyl sites for hydroxylation is 1. The molecule has 2 rings (SSSR count). The molecule has 0 aliphatic rings. The third-order valence-corrected chi connectivity index (χ3v) is 2.74. The van der Waals surface area contributed by atoms with Gasteiger partial charge in [0.25, 0.3) is 0 Å². The van der Waals surface area contributed by atoms with Crippen molar-refractivity contribution in [1.82, 2.24) is 10.1 Å². The van der Waals surface area contributed by atoms with Crippen molar-refractivity contribution in [3.8, 4) is 0 Å². The quantitative estimate of drug-likeness (QED) is 0.802. The van der Waals surface area contributed by atoms with Gasteiger partial charge in [0.05, 0.1) is 6.61 Å². The Bertz CT molecular complexity index is 470. The SMILES string of the molecule is NC(CCc1nc(CCO)no1)c1ccccc1. The first-order chi connectivity index (χ1) is 8.79. The minimum atomic E-state index is -0.0283. The summed E-state index contributed by atoms with van der Waals surface area (Å²) >= 11 is 0. The van der Waals surface area contributed by atoms with Gasteiger partial charge >= 0.3 is 0 Å². The lowest BCUT2D eigenvalue weighted by Gasteiger charge is -2.09. The van der Waals surface area contributed by atoms with E-state index in [1.54, 1.807) is 0 Å². The molecule has 0 amide bonds. The number of rotatable bonds is 6. The number of benzene rings is 1. The average Bonchev–Trinajstić information content (AvgIpc) is 2.85. The molecule has 3 N–H and O–H groups in total. The highest BCUT2D eigenvalue weighted by molar-refractivity contribution is 5.18. The Morgan fingerprint density at radius 2 is 2.00 bits per heavy atom. The zero-order chi connectivity index (χ0) is 12.8. The molecule has 1 aromatic heterocycles. The molecule has 0 fully saturated rings. The predicted molar refractivity (Wildman–Crippen MR) is 66.8 cm³/mol. The molecule has 1 heterocycles. The first kappa shape index (κ1) is 12.7. The molecule has 0 radical (unpaired) electrons. The van der Waals surface area contributed by atoms with E-state index < -0.39 is 0 Å². The van der Waals surface area contributed by atoms with Gasteiger partial charge in [-0.3, -0.25) is 0 Å². The van der Waals surface area contributed by atoms with Gasteiger partial charge in [-0.1, -0.05) is 35.5 Å². The van der Waals surface area contributed by atoms with E-state index in [1.165, 1.54) is 0 Å². The van der Waals surface area contributed by atoms with Crippen molar-refractivity contribution < 1.29 is 9.63 Å². The number of aliphatic hydroxyl groups excluding tert-OH is 1. The number of hydrogen-bond donors (Lipinski definition) is 2. The van der Waals surface area contributed by atoms with E-state index in [0.29, 0.717) is 24.6 Å². The number of nitrogens with zero attached hydrogens (tertiary/aromatic N) is 2. The minimum Gasteiger partial charge on any atom is -0.396 e. The molecule has 0 saturated heterocycles. The summed E-state index contributed by atoms with van der Waals surface area (Å²) in [6.45, 7) is 0.0303. The normalized spacial score (nSPS) is 12.6. The summed E-state index contributed by atoms with van der Waals surface area (Å²) in [5.41, 5.74) is 7.18. The van der Waals surface area contributed by atoms with Gasteiger partial charge in [0.1, 0.15) is 0 Å². The van der Waals surface area contributed by atoms with Crippen LogP contribution in [-0.2, 0) is 12.8 Å². The highest BCUT2D eigenvalue weighted by Crippen LogP contribution is 2.15. The molecule has 5 heteroatoms. The molecule has 5 nitrogen and oxygen atoms in total. The highest BCUT2D eigenvalue weighted by Gasteiger charge is 2.10. The second-order valence-corrected chi connectivity index (χ2v) is 4.13. The largest absolute Gasteiger partial charge is 0.396 e. The Balaban J connectivity index is 1.87. The van der Waals surface area contributed by atoms with Crippen molar-refractivity contribution in [2.75, 3.05) is 6.61 Å². The number of hydrogen-bond acceptors (Lipinski definition) is 5. The lowest BCUT2D eigenvalue weighted by molar-refractivity contribution is 0.292. The summed E-state index contributed by atoms with van der Waals surface area (Å²) in [5.74, 6) is 1.12. The summed E-state index contributed by atoms with van der Waals surface area (Å²) in [5, 5.41) is 12.5. The van der Waals surface area contributed by atoms with Gasteiger partial charge in [0.15, 0.2) is 5.82 Å². The van der Waals surface area contributed by atoms with Gasteiger partial charge in [-0.05, 0) is 12.0 Å². The fourth-order valence-corrected chi connectivity index (χ4v) is 1.74. The Morgan fingerprint density at radius 1 is 1.22 bits per heavy atom. The fourth-order valence-electron chi connectivity index (χ4n) is 1.74. The van der Waals surface area contributed by atoms with Gasteiger partial charge < -0.3 is 15.4 Å². The van der Waals surface area contributed by atoms with Crippen LogP contribution in [0.4, 0.5) is 0 Å². The molecular weight excluding hydrogens is 230 g/mol. The molecule has 0 spiro atoms. The van der Waals surface area contributed by atoms with Crippen LogP contribution in [0.3, 0.4) is 0 Å². The predicted octanol–water partition coefficient (Wildman–Crippen LogP) is 1.24. The minimum absolute atomic E-state index is 0.0283. The van der Waals surface area contributed by atoms with Crippen LogP contribution >= 0.6 is 0 Å². The molecule has 1 aromatic carbocycles. The van der Waals surface area contributed by atoms with Gasteiger partial charge in [-0.2, -0.15) is 4.98 Å². The summed E-state index contributed by atoms with van der Waals surface area (Å²) in [6.07, 6.45) is 1.83. The van der Waals surface area contributed by atoms with E-state index in [1.807, 2.05) is 30.3 Å². The van der Waals surface area contributed by atoms with Crippen molar-refractivity contribution in [1.29, 1.82) is 0 Å². The van der Waals surface area contributed by atoms with Crippen molar-refractivity contribution in [2.24, 2.45) is 5.73 Å². The van der Waals surface area contributed by atoms with Crippen LogP contribution in [0.2, 0.25) is 0 Å². The summed E-state index contributed by atoms with van der Waals surface area (Å²) in [4.78, 5) is 4.17. The van der Waals surface area contributed by atoms with Crippen LogP contribution < -0.4 is 5.73 Å². The molecule has 96 valence electrons. The number of aromatic nitrogens is 2. The second kappa shape index (κ2) is 6.28. The maximum absolute atomic E-state index is 8.75. The monoisotopic (exact) mass is 247 g/mol. The Hall–Kier alpha value is -1.72. The van der Waals surface area contributed by atoms with Crippen LogP contribution in [0.15, 0.2) is 34.9 Å². The summed E-state index contributed by atoms with van der Waals surface area (Å²) in [7, 11) is 0. The Labute approximate surface area is 106 Å². The Kier molecular flexibility index (Phi) is 4.44. The zero-order valence-corrected chi connectivity index (χ0v) is 10.1. The van der Waals surface area contributed by atoms with Crippen LogP contribution in [0.1, 0.15) is 29.7 Å².